The second-order valence-electron chi connectivity index (χ2n) is 6.10. The van der Waals surface area contributed by atoms with Crippen molar-refractivity contribution in [1.82, 2.24) is 5.32 Å². The normalized spacial score (nSPS) is 16.9. The molecule has 0 saturated carbocycles. The Bertz CT molecular complexity index is 927. The summed E-state index contributed by atoms with van der Waals surface area (Å²) in [5, 5.41) is 2.74. The first-order chi connectivity index (χ1) is 12.8. The number of anilines is 1. The van der Waals surface area contributed by atoms with Gasteiger partial charge in [-0.1, -0.05) is 0 Å². The third-order valence-corrected chi connectivity index (χ3v) is 5.51. The molecule has 2 N–H and O–H groups in total. The van der Waals surface area contributed by atoms with Crippen molar-refractivity contribution in [3.8, 4) is 0 Å². The average molecular weight is 396 g/mol. The molecule has 0 aliphatic carbocycles. The highest BCUT2D eigenvalue weighted by Crippen LogP contribution is 2.19. The van der Waals surface area contributed by atoms with E-state index in [2.05, 4.69) is 10.0 Å². The van der Waals surface area contributed by atoms with Gasteiger partial charge in [0, 0.05) is 24.8 Å². The minimum atomic E-state index is -4.00. The monoisotopic (exact) mass is 396 g/mol. The van der Waals surface area contributed by atoms with Crippen LogP contribution in [0.5, 0.6) is 0 Å². The average Bonchev–Trinajstić information content (AvgIpc) is 3.16. The molecular weight excluding hydrogens is 378 g/mol. The van der Waals surface area contributed by atoms with Crippen LogP contribution in [0.3, 0.4) is 0 Å². The minimum absolute atomic E-state index is 0.00825. The Balaban J connectivity index is 1.65. The molecule has 6 nitrogen and oxygen atoms in total. The Morgan fingerprint density at radius 1 is 1.11 bits per heavy atom. The van der Waals surface area contributed by atoms with Gasteiger partial charge in [-0.2, -0.15) is 0 Å². The molecule has 9 heteroatoms. The van der Waals surface area contributed by atoms with Crippen LogP contribution in [0.15, 0.2) is 47.4 Å². The number of rotatable bonds is 6. The molecular formula is C18H18F2N2O4S. The van der Waals surface area contributed by atoms with E-state index in [1.165, 1.54) is 24.3 Å². The molecule has 0 radical (unpaired) electrons. The molecule has 1 aliphatic rings. The Morgan fingerprint density at radius 2 is 1.85 bits per heavy atom. The second kappa shape index (κ2) is 8.01. The molecule has 2 aromatic rings. The molecule has 3 rings (SSSR count). The van der Waals surface area contributed by atoms with Crippen LogP contribution in [-0.2, 0) is 14.8 Å². The van der Waals surface area contributed by atoms with E-state index < -0.39 is 21.7 Å². The van der Waals surface area contributed by atoms with Gasteiger partial charge >= 0.3 is 0 Å². The molecule has 27 heavy (non-hydrogen) atoms. The van der Waals surface area contributed by atoms with Gasteiger partial charge in [-0.05, 0) is 49.2 Å². The van der Waals surface area contributed by atoms with Gasteiger partial charge in [0.2, 0.25) is 0 Å². The van der Waals surface area contributed by atoms with Gasteiger partial charge in [0.25, 0.3) is 15.9 Å². The first kappa shape index (κ1) is 19.2. The first-order valence-corrected chi connectivity index (χ1v) is 9.81. The fraction of sp³-hybridized carbons (Fsp3) is 0.278. The van der Waals surface area contributed by atoms with Crippen LogP contribution in [0.4, 0.5) is 14.5 Å². The molecule has 0 bridgehead atoms. The molecule has 1 heterocycles. The highest BCUT2D eigenvalue weighted by atomic mass is 32.2. The van der Waals surface area contributed by atoms with Crippen molar-refractivity contribution in [2.45, 2.75) is 23.8 Å². The van der Waals surface area contributed by atoms with Gasteiger partial charge in [0.15, 0.2) is 11.6 Å². The number of amides is 1. The van der Waals surface area contributed by atoms with E-state index in [9.17, 15) is 22.0 Å². The minimum Gasteiger partial charge on any atom is -0.376 e. The summed E-state index contributed by atoms with van der Waals surface area (Å²) in [5.41, 5.74) is 0.201. The highest BCUT2D eigenvalue weighted by Gasteiger charge is 2.18. The van der Waals surface area contributed by atoms with Crippen LogP contribution in [0.25, 0.3) is 0 Å². The molecule has 2 aromatic carbocycles. The SMILES string of the molecule is O=C(NCC1CCCO1)c1ccc(S(=O)(=O)Nc2ccc(F)c(F)c2)cc1. The van der Waals surface area contributed by atoms with Gasteiger partial charge in [-0.25, -0.2) is 17.2 Å². The van der Waals surface area contributed by atoms with E-state index in [0.29, 0.717) is 18.7 Å². The Kier molecular flexibility index (Phi) is 5.71. The Morgan fingerprint density at radius 3 is 2.48 bits per heavy atom. The molecule has 0 aromatic heterocycles. The number of benzene rings is 2. The summed E-state index contributed by atoms with van der Waals surface area (Å²) >= 11 is 0. The van der Waals surface area contributed by atoms with Crippen molar-refractivity contribution < 1.29 is 26.7 Å². The standard InChI is InChI=1S/C18H18F2N2O4S/c19-16-8-5-13(10-17(16)20)22-27(24,25)15-6-3-12(4-7-15)18(23)21-11-14-2-1-9-26-14/h3-8,10,14,22H,1-2,9,11H2,(H,21,23). The van der Waals surface area contributed by atoms with E-state index in [4.69, 9.17) is 4.74 Å². The maximum atomic E-state index is 13.2. The van der Waals surface area contributed by atoms with Crippen LogP contribution < -0.4 is 10.0 Å². The lowest BCUT2D eigenvalue weighted by atomic mass is 10.2. The van der Waals surface area contributed by atoms with E-state index in [1.807, 2.05) is 0 Å². The number of hydrogen-bond donors (Lipinski definition) is 2. The summed E-state index contributed by atoms with van der Waals surface area (Å²) in [6.45, 7) is 1.09. The van der Waals surface area contributed by atoms with Crippen LogP contribution in [-0.4, -0.2) is 33.6 Å². The van der Waals surface area contributed by atoms with E-state index in [0.717, 1.165) is 31.0 Å². The number of halogens is 2. The zero-order valence-corrected chi connectivity index (χ0v) is 15.1. The Labute approximate surface area is 155 Å². The summed E-state index contributed by atoms with van der Waals surface area (Å²) in [6, 6.07) is 7.99. The van der Waals surface area contributed by atoms with Crippen LogP contribution in [0.2, 0.25) is 0 Å². The second-order valence-corrected chi connectivity index (χ2v) is 7.79. The van der Waals surface area contributed by atoms with Crippen molar-refractivity contribution in [3.63, 3.8) is 0 Å². The molecule has 1 aliphatic heterocycles. The van der Waals surface area contributed by atoms with Crippen LogP contribution >= 0.6 is 0 Å². The number of hydrogen-bond acceptors (Lipinski definition) is 4. The summed E-state index contributed by atoms with van der Waals surface area (Å²) in [6.07, 6.45) is 1.87. The topological polar surface area (TPSA) is 84.5 Å². The molecule has 0 spiro atoms. The van der Waals surface area contributed by atoms with Crippen molar-refractivity contribution >= 4 is 21.6 Å². The lowest BCUT2D eigenvalue weighted by Crippen LogP contribution is -2.31. The first-order valence-electron chi connectivity index (χ1n) is 8.33. The van der Waals surface area contributed by atoms with Gasteiger partial charge in [-0.15, -0.1) is 0 Å². The summed E-state index contributed by atoms with van der Waals surface area (Å²) < 4.78 is 58.4. The van der Waals surface area contributed by atoms with E-state index >= 15 is 0 Å². The summed E-state index contributed by atoms with van der Waals surface area (Å²) in [4.78, 5) is 12.0. The molecule has 1 amide bonds. The van der Waals surface area contributed by atoms with Gasteiger partial charge in [0.1, 0.15) is 0 Å². The molecule has 1 saturated heterocycles. The third kappa shape index (κ3) is 4.81. The Hall–Kier alpha value is -2.52. The summed E-state index contributed by atoms with van der Waals surface area (Å²) in [7, 11) is -4.00. The maximum absolute atomic E-state index is 13.2. The van der Waals surface area contributed by atoms with Crippen LogP contribution in [0, 0.1) is 11.6 Å². The van der Waals surface area contributed by atoms with Crippen molar-refractivity contribution in [3.05, 3.63) is 59.7 Å². The van der Waals surface area contributed by atoms with Gasteiger partial charge in [0.05, 0.1) is 16.7 Å². The van der Waals surface area contributed by atoms with E-state index in [1.54, 1.807) is 0 Å². The fourth-order valence-electron chi connectivity index (χ4n) is 2.67. The number of nitrogens with one attached hydrogen (secondary N) is 2. The number of ether oxygens (including phenoxy) is 1. The molecule has 1 fully saturated rings. The lowest BCUT2D eigenvalue weighted by molar-refractivity contribution is 0.0857. The highest BCUT2D eigenvalue weighted by molar-refractivity contribution is 7.92. The van der Waals surface area contributed by atoms with E-state index in [-0.39, 0.29) is 22.6 Å². The maximum Gasteiger partial charge on any atom is 0.261 e. The molecule has 1 unspecified atom stereocenters. The summed E-state index contributed by atoms with van der Waals surface area (Å²) in [5.74, 6) is -2.56. The van der Waals surface area contributed by atoms with Crippen molar-refractivity contribution in [2.75, 3.05) is 17.9 Å². The number of carbonyl (C=O) groups excluding carboxylic acids is 1. The largest absolute Gasteiger partial charge is 0.376 e. The quantitative estimate of drug-likeness (QED) is 0.786. The number of sulfonamides is 1. The fourth-order valence-corrected chi connectivity index (χ4v) is 3.72. The van der Waals surface area contributed by atoms with Gasteiger partial charge in [-0.3, -0.25) is 9.52 Å². The zero-order valence-electron chi connectivity index (χ0n) is 14.2. The lowest BCUT2D eigenvalue weighted by Gasteiger charge is -2.11. The smallest absolute Gasteiger partial charge is 0.261 e. The third-order valence-electron chi connectivity index (χ3n) is 4.11. The predicted octanol–water partition coefficient (Wildman–Crippen LogP) is 2.67. The molecule has 144 valence electrons. The van der Waals surface area contributed by atoms with Crippen LogP contribution in [0.1, 0.15) is 23.2 Å². The van der Waals surface area contributed by atoms with Crippen molar-refractivity contribution in [1.29, 1.82) is 0 Å². The number of carbonyl (C=O) groups is 1. The predicted molar refractivity (Wildman–Crippen MR) is 94.9 cm³/mol. The molecule has 1 atom stereocenters. The van der Waals surface area contributed by atoms with Gasteiger partial charge < -0.3 is 10.1 Å². The zero-order chi connectivity index (χ0) is 19.4. The van der Waals surface area contributed by atoms with Crippen molar-refractivity contribution in [2.24, 2.45) is 0 Å².